The van der Waals surface area contributed by atoms with Gasteiger partial charge in [-0.05, 0) is 37.8 Å². The number of nitrogens with zero attached hydrogens (tertiary/aromatic N) is 3. The van der Waals surface area contributed by atoms with Crippen LogP contribution in [0.5, 0.6) is 0 Å². The summed E-state index contributed by atoms with van der Waals surface area (Å²) >= 11 is 5.84. The van der Waals surface area contributed by atoms with E-state index in [0.29, 0.717) is 43.1 Å². The third-order valence-corrected chi connectivity index (χ3v) is 6.52. The number of carbonyl (C=O) groups is 2. The van der Waals surface area contributed by atoms with Gasteiger partial charge in [0.2, 0.25) is 0 Å². The van der Waals surface area contributed by atoms with E-state index in [1.807, 2.05) is 0 Å². The zero-order valence-corrected chi connectivity index (χ0v) is 16.6. The molecule has 3 aliphatic heterocycles. The fourth-order valence-electron chi connectivity index (χ4n) is 4.54. The summed E-state index contributed by atoms with van der Waals surface area (Å²) in [6.07, 6.45) is 4.70. The van der Waals surface area contributed by atoms with Crippen molar-refractivity contribution in [2.75, 3.05) is 32.7 Å². The molecule has 4 heterocycles. The van der Waals surface area contributed by atoms with Crippen LogP contribution >= 0.6 is 11.6 Å². The Morgan fingerprint density at radius 1 is 1.25 bits per heavy atom. The third-order valence-electron chi connectivity index (χ3n) is 6.30. The highest BCUT2D eigenvalue weighted by Gasteiger charge is 2.51. The molecule has 28 heavy (non-hydrogen) atoms. The highest BCUT2D eigenvalue weighted by atomic mass is 35.5. The summed E-state index contributed by atoms with van der Waals surface area (Å²) in [6.45, 7) is 3.48. The van der Waals surface area contributed by atoms with Gasteiger partial charge in [-0.2, -0.15) is 0 Å². The average Bonchev–Trinajstić information content (AvgIpc) is 2.99. The van der Waals surface area contributed by atoms with Gasteiger partial charge in [0.1, 0.15) is 11.8 Å². The van der Waals surface area contributed by atoms with E-state index in [1.165, 1.54) is 6.20 Å². The van der Waals surface area contributed by atoms with Crippen LogP contribution in [-0.2, 0) is 9.53 Å². The van der Waals surface area contributed by atoms with Crippen molar-refractivity contribution < 1.29 is 19.4 Å². The summed E-state index contributed by atoms with van der Waals surface area (Å²) in [5.41, 5.74) is -0.0935. The quantitative estimate of drug-likeness (QED) is 0.768. The molecule has 0 aromatic carbocycles. The fraction of sp³-hybridized carbons (Fsp3) is 0.650. The molecule has 3 aliphatic rings. The molecule has 1 aromatic rings. The lowest BCUT2D eigenvalue weighted by atomic mass is 9.76. The Morgan fingerprint density at radius 3 is 2.61 bits per heavy atom. The number of amides is 1. The van der Waals surface area contributed by atoms with E-state index in [2.05, 4.69) is 9.88 Å². The molecule has 152 valence electrons. The van der Waals surface area contributed by atoms with Gasteiger partial charge in [-0.15, -0.1) is 0 Å². The number of carbonyl (C=O) groups excluding carboxylic acids is 2. The second-order valence-corrected chi connectivity index (χ2v) is 8.63. The molecule has 1 unspecified atom stereocenters. The zero-order chi connectivity index (χ0) is 19.7. The van der Waals surface area contributed by atoms with Crippen molar-refractivity contribution in [1.29, 1.82) is 0 Å². The summed E-state index contributed by atoms with van der Waals surface area (Å²) in [5.74, 6) is -0.243. The Hall–Kier alpha value is -1.70. The number of aliphatic hydroxyl groups is 1. The molecule has 0 saturated carbocycles. The van der Waals surface area contributed by atoms with E-state index in [-0.39, 0.29) is 24.1 Å². The van der Waals surface area contributed by atoms with E-state index in [1.54, 1.807) is 17.0 Å². The molecule has 3 saturated heterocycles. The van der Waals surface area contributed by atoms with Crippen molar-refractivity contribution in [2.24, 2.45) is 5.41 Å². The molecule has 4 rings (SSSR count). The van der Waals surface area contributed by atoms with Gasteiger partial charge in [-0.1, -0.05) is 11.6 Å². The second-order valence-electron chi connectivity index (χ2n) is 8.20. The van der Waals surface area contributed by atoms with Crippen molar-refractivity contribution >= 4 is 23.5 Å². The summed E-state index contributed by atoms with van der Waals surface area (Å²) in [4.78, 5) is 33.4. The Labute approximate surface area is 169 Å². The molecule has 1 aromatic heterocycles. The van der Waals surface area contributed by atoms with Crippen LogP contribution in [0.15, 0.2) is 18.3 Å². The molecule has 1 amide bonds. The number of aromatic nitrogens is 1. The standard InChI is InChI=1S/C20H26ClN3O4/c21-14-1-2-17(22-12-14)18(26)24-9-5-20(6-10-24)11-16(28-19(20)27)13-23-7-3-15(25)4-8-23/h1-2,12,15-16,25H,3-11,13H2. The summed E-state index contributed by atoms with van der Waals surface area (Å²) < 4.78 is 5.70. The van der Waals surface area contributed by atoms with Gasteiger partial charge in [0.25, 0.3) is 5.91 Å². The van der Waals surface area contributed by atoms with Crippen molar-refractivity contribution in [1.82, 2.24) is 14.8 Å². The van der Waals surface area contributed by atoms with Crippen LogP contribution in [0, 0.1) is 5.41 Å². The van der Waals surface area contributed by atoms with Crippen LogP contribution in [0.25, 0.3) is 0 Å². The lowest BCUT2D eigenvalue weighted by Gasteiger charge is -2.36. The molecule has 1 N–H and O–H groups in total. The van der Waals surface area contributed by atoms with E-state index in [0.717, 1.165) is 32.5 Å². The number of cyclic esters (lactones) is 1. The van der Waals surface area contributed by atoms with Crippen molar-refractivity contribution in [2.45, 2.75) is 44.3 Å². The van der Waals surface area contributed by atoms with Gasteiger partial charge in [0, 0.05) is 45.3 Å². The Balaban J connectivity index is 1.32. The first-order valence-electron chi connectivity index (χ1n) is 9.97. The summed E-state index contributed by atoms with van der Waals surface area (Å²) in [6, 6.07) is 3.29. The van der Waals surface area contributed by atoms with E-state index >= 15 is 0 Å². The van der Waals surface area contributed by atoms with Gasteiger partial charge in [-0.3, -0.25) is 14.5 Å². The lowest BCUT2D eigenvalue weighted by molar-refractivity contribution is -0.151. The number of hydrogen-bond donors (Lipinski definition) is 1. The maximum Gasteiger partial charge on any atom is 0.312 e. The first-order chi connectivity index (χ1) is 13.4. The minimum Gasteiger partial charge on any atom is -0.461 e. The minimum absolute atomic E-state index is 0.0945. The van der Waals surface area contributed by atoms with Gasteiger partial charge < -0.3 is 14.7 Å². The molecular formula is C20H26ClN3O4. The normalized spacial score (nSPS) is 25.9. The predicted octanol–water partition coefficient (Wildman–Crippen LogP) is 1.73. The van der Waals surface area contributed by atoms with Gasteiger partial charge in [0.15, 0.2) is 0 Å². The number of ether oxygens (including phenoxy) is 1. The molecule has 8 heteroatoms. The molecule has 0 aliphatic carbocycles. The number of likely N-dealkylation sites (tertiary alicyclic amines) is 2. The smallest absolute Gasteiger partial charge is 0.312 e. The van der Waals surface area contributed by atoms with Gasteiger partial charge in [-0.25, -0.2) is 4.98 Å². The Bertz CT molecular complexity index is 725. The average molecular weight is 408 g/mol. The maximum atomic E-state index is 12.6. The zero-order valence-electron chi connectivity index (χ0n) is 15.8. The molecule has 0 bridgehead atoms. The minimum atomic E-state index is -0.468. The number of halogens is 1. The van der Waals surface area contributed by atoms with Crippen molar-refractivity contribution in [3.63, 3.8) is 0 Å². The molecule has 1 spiro atoms. The highest BCUT2D eigenvalue weighted by molar-refractivity contribution is 6.30. The summed E-state index contributed by atoms with van der Waals surface area (Å²) in [7, 11) is 0. The van der Waals surface area contributed by atoms with Crippen molar-refractivity contribution in [3.8, 4) is 0 Å². The van der Waals surface area contributed by atoms with E-state index in [9.17, 15) is 14.7 Å². The number of esters is 1. The first kappa shape index (κ1) is 19.6. The number of aliphatic hydroxyl groups excluding tert-OH is 1. The van der Waals surface area contributed by atoms with Crippen LogP contribution < -0.4 is 0 Å². The topological polar surface area (TPSA) is 83.0 Å². The third kappa shape index (κ3) is 4.02. The van der Waals surface area contributed by atoms with E-state index in [4.69, 9.17) is 16.3 Å². The van der Waals surface area contributed by atoms with Crippen LogP contribution in [0.2, 0.25) is 5.02 Å². The van der Waals surface area contributed by atoms with Crippen molar-refractivity contribution in [3.05, 3.63) is 29.0 Å². The Morgan fingerprint density at radius 2 is 1.96 bits per heavy atom. The Kier molecular flexibility index (Phi) is 5.58. The molecular weight excluding hydrogens is 382 g/mol. The predicted molar refractivity (Wildman–Crippen MR) is 103 cm³/mol. The lowest BCUT2D eigenvalue weighted by Crippen LogP contribution is -2.45. The monoisotopic (exact) mass is 407 g/mol. The number of rotatable bonds is 3. The van der Waals surface area contributed by atoms with Gasteiger partial charge in [0.05, 0.1) is 16.5 Å². The molecule has 1 atom stereocenters. The largest absolute Gasteiger partial charge is 0.461 e. The molecule has 0 radical (unpaired) electrons. The van der Waals surface area contributed by atoms with Crippen LogP contribution in [0.3, 0.4) is 0 Å². The molecule has 7 nitrogen and oxygen atoms in total. The number of hydrogen-bond acceptors (Lipinski definition) is 6. The fourth-order valence-corrected chi connectivity index (χ4v) is 4.65. The van der Waals surface area contributed by atoms with Crippen LogP contribution in [-0.4, -0.2) is 76.7 Å². The van der Waals surface area contributed by atoms with Crippen LogP contribution in [0.1, 0.15) is 42.6 Å². The van der Waals surface area contributed by atoms with Gasteiger partial charge >= 0.3 is 5.97 Å². The number of pyridine rings is 1. The van der Waals surface area contributed by atoms with Crippen LogP contribution in [0.4, 0.5) is 0 Å². The maximum absolute atomic E-state index is 12.6. The summed E-state index contributed by atoms with van der Waals surface area (Å²) in [5, 5.41) is 10.1. The molecule has 3 fully saturated rings. The number of piperidine rings is 2. The highest BCUT2D eigenvalue weighted by Crippen LogP contribution is 2.43. The first-order valence-corrected chi connectivity index (χ1v) is 10.4. The SMILES string of the molecule is O=C(c1ccc(Cl)cn1)N1CCC2(CC1)CC(CN1CCC(O)CC1)OC2=O. The van der Waals surface area contributed by atoms with E-state index < -0.39 is 5.41 Å². The second kappa shape index (κ2) is 7.97.